The van der Waals surface area contributed by atoms with E-state index >= 15 is 0 Å². The Morgan fingerprint density at radius 1 is 1.38 bits per heavy atom. The van der Waals surface area contributed by atoms with Crippen molar-refractivity contribution < 1.29 is 9.21 Å². The number of piperazine rings is 1. The Kier molecular flexibility index (Phi) is 3.62. The Bertz CT molecular complexity index is 327. The quantitative estimate of drug-likeness (QED) is 0.765. The zero-order chi connectivity index (χ0) is 11.4. The normalized spacial score (nSPS) is 17.7. The summed E-state index contributed by atoms with van der Waals surface area (Å²) in [6.45, 7) is 3.67. The van der Waals surface area contributed by atoms with E-state index in [2.05, 4.69) is 11.9 Å². The van der Waals surface area contributed by atoms with E-state index < -0.39 is 0 Å². The molecule has 1 aliphatic rings. The van der Waals surface area contributed by atoms with Gasteiger partial charge in [-0.25, -0.2) is 0 Å². The number of carbonyl (C=O) groups excluding carboxylic acids is 1. The summed E-state index contributed by atoms with van der Waals surface area (Å²) < 4.78 is 5.21. The molecule has 1 fully saturated rings. The molecular formula is C12H18N2O2. The molecule has 1 aliphatic heterocycles. The van der Waals surface area contributed by atoms with Gasteiger partial charge in [0, 0.05) is 39.0 Å². The van der Waals surface area contributed by atoms with E-state index in [0.717, 1.165) is 31.9 Å². The second-order valence-corrected chi connectivity index (χ2v) is 4.26. The SMILES string of the molecule is CN1CCN(C(=O)CCc2ccco2)CC1. The molecular weight excluding hydrogens is 204 g/mol. The molecule has 1 aromatic rings. The highest BCUT2D eigenvalue weighted by Crippen LogP contribution is 2.07. The van der Waals surface area contributed by atoms with Gasteiger partial charge in [0.15, 0.2) is 0 Å². The Hall–Kier alpha value is -1.29. The first-order valence-corrected chi connectivity index (χ1v) is 5.74. The van der Waals surface area contributed by atoms with Gasteiger partial charge in [-0.1, -0.05) is 0 Å². The molecule has 16 heavy (non-hydrogen) atoms. The van der Waals surface area contributed by atoms with E-state index in [4.69, 9.17) is 4.42 Å². The van der Waals surface area contributed by atoms with Crippen molar-refractivity contribution in [3.63, 3.8) is 0 Å². The number of nitrogens with zero attached hydrogens (tertiary/aromatic N) is 2. The summed E-state index contributed by atoms with van der Waals surface area (Å²) in [5, 5.41) is 0. The van der Waals surface area contributed by atoms with Crippen molar-refractivity contribution >= 4 is 5.91 Å². The summed E-state index contributed by atoms with van der Waals surface area (Å²) >= 11 is 0. The molecule has 0 aromatic carbocycles. The van der Waals surface area contributed by atoms with Crippen LogP contribution in [0.4, 0.5) is 0 Å². The summed E-state index contributed by atoms with van der Waals surface area (Å²) in [4.78, 5) is 16.1. The maximum Gasteiger partial charge on any atom is 0.223 e. The Morgan fingerprint density at radius 3 is 2.75 bits per heavy atom. The van der Waals surface area contributed by atoms with Crippen molar-refractivity contribution in [2.24, 2.45) is 0 Å². The number of hydrogen-bond acceptors (Lipinski definition) is 3. The number of furan rings is 1. The van der Waals surface area contributed by atoms with Crippen LogP contribution >= 0.6 is 0 Å². The first kappa shape index (κ1) is 11.2. The number of hydrogen-bond donors (Lipinski definition) is 0. The van der Waals surface area contributed by atoms with Crippen molar-refractivity contribution in [3.05, 3.63) is 24.2 Å². The molecule has 2 heterocycles. The molecule has 1 amide bonds. The maximum absolute atomic E-state index is 11.9. The molecule has 1 saturated heterocycles. The van der Waals surface area contributed by atoms with Crippen LogP contribution in [0.2, 0.25) is 0 Å². The van der Waals surface area contributed by atoms with Gasteiger partial charge in [0.05, 0.1) is 6.26 Å². The highest BCUT2D eigenvalue weighted by Gasteiger charge is 2.18. The lowest BCUT2D eigenvalue weighted by molar-refractivity contribution is -0.132. The van der Waals surface area contributed by atoms with Crippen LogP contribution in [0.5, 0.6) is 0 Å². The van der Waals surface area contributed by atoms with E-state index in [1.807, 2.05) is 17.0 Å². The Balaban J connectivity index is 1.75. The van der Waals surface area contributed by atoms with Crippen molar-refractivity contribution in [2.75, 3.05) is 33.2 Å². The smallest absolute Gasteiger partial charge is 0.223 e. The number of likely N-dealkylation sites (N-methyl/N-ethyl adjacent to an activating group) is 1. The molecule has 0 unspecified atom stereocenters. The fourth-order valence-corrected chi connectivity index (χ4v) is 1.90. The molecule has 0 radical (unpaired) electrons. The summed E-state index contributed by atoms with van der Waals surface area (Å²) in [6, 6.07) is 3.77. The van der Waals surface area contributed by atoms with Crippen LogP contribution in [-0.2, 0) is 11.2 Å². The minimum absolute atomic E-state index is 0.240. The Labute approximate surface area is 95.8 Å². The van der Waals surface area contributed by atoms with E-state index in [1.165, 1.54) is 0 Å². The van der Waals surface area contributed by atoms with Gasteiger partial charge in [-0.15, -0.1) is 0 Å². The first-order valence-electron chi connectivity index (χ1n) is 5.74. The van der Waals surface area contributed by atoms with Gasteiger partial charge in [0.25, 0.3) is 0 Å². The highest BCUT2D eigenvalue weighted by molar-refractivity contribution is 5.76. The monoisotopic (exact) mass is 222 g/mol. The molecule has 0 spiro atoms. The average Bonchev–Trinajstić information content (AvgIpc) is 2.80. The summed E-state index contributed by atoms with van der Waals surface area (Å²) in [7, 11) is 2.09. The topological polar surface area (TPSA) is 36.7 Å². The first-order chi connectivity index (χ1) is 7.75. The minimum Gasteiger partial charge on any atom is -0.469 e. The van der Waals surface area contributed by atoms with E-state index in [9.17, 15) is 4.79 Å². The molecule has 4 nitrogen and oxygen atoms in total. The number of rotatable bonds is 3. The molecule has 0 atom stereocenters. The van der Waals surface area contributed by atoms with Gasteiger partial charge in [-0.2, -0.15) is 0 Å². The average molecular weight is 222 g/mol. The highest BCUT2D eigenvalue weighted by atomic mass is 16.3. The summed E-state index contributed by atoms with van der Waals surface area (Å²) in [5.74, 6) is 1.13. The third-order valence-corrected chi connectivity index (χ3v) is 3.02. The van der Waals surface area contributed by atoms with Crippen molar-refractivity contribution in [1.29, 1.82) is 0 Å². The molecule has 1 aromatic heterocycles. The lowest BCUT2D eigenvalue weighted by Crippen LogP contribution is -2.47. The Morgan fingerprint density at radius 2 is 2.12 bits per heavy atom. The van der Waals surface area contributed by atoms with Crippen LogP contribution in [0.1, 0.15) is 12.2 Å². The molecule has 0 aliphatic carbocycles. The van der Waals surface area contributed by atoms with Crippen LogP contribution in [0.15, 0.2) is 22.8 Å². The second kappa shape index (κ2) is 5.16. The predicted molar refractivity (Wildman–Crippen MR) is 61.1 cm³/mol. The van der Waals surface area contributed by atoms with Crippen molar-refractivity contribution in [1.82, 2.24) is 9.80 Å². The predicted octanol–water partition coefficient (Wildman–Crippen LogP) is 0.986. The zero-order valence-electron chi connectivity index (χ0n) is 9.69. The molecule has 4 heteroatoms. The standard InChI is InChI=1S/C12H18N2O2/c1-13-6-8-14(9-7-13)12(15)5-4-11-3-2-10-16-11/h2-3,10H,4-9H2,1H3. The third-order valence-electron chi connectivity index (χ3n) is 3.02. The van der Waals surface area contributed by atoms with Gasteiger partial charge in [0.2, 0.25) is 5.91 Å². The molecule has 0 bridgehead atoms. The number of aryl methyl sites for hydroxylation is 1. The fourth-order valence-electron chi connectivity index (χ4n) is 1.90. The lowest BCUT2D eigenvalue weighted by Gasteiger charge is -2.32. The van der Waals surface area contributed by atoms with Gasteiger partial charge in [-0.05, 0) is 19.2 Å². The zero-order valence-corrected chi connectivity index (χ0v) is 9.69. The van der Waals surface area contributed by atoms with E-state index in [-0.39, 0.29) is 5.91 Å². The van der Waals surface area contributed by atoms with Gasteiger partial charge >= 0.3 is 0 Å². The molecule has 2 rings (SSSR count). The van der Waals surface area contributed by atoms with Crippen LogP contribution in [0.25, 0.3) is 0 Å². The van der Waals surface area contributed by atoms with Gasteiger partial charge in [-0.3, -0.25) is 4.79 Å². The molecule has 0 N–H and O–H groups in total. The van der Waals surface area contributed by atoms with Gasteiger partial charge < -0.3 is 14.2 Å². The van der Waals surface area contributed by atoms with Crippen molar-refractivity contribution in [2.45, 2.75) is 12.8 Å². The second-order valence-electron chi connectivity index (χ2n) is 4.26. The summed E-state index contributed by atoms with van der Waals surface area (Å²) in [5.41, 5.74) is 0. The van der Waals surface area contributed by atoms with Crippen LogP contribution < -0.4 is 0 Å². The van der Waals surface area contributed by atoms with Crippen LogP contribution in [-0.4, -0.2) is 48.9 Å². The maximum atomic E-state index is 11.9. The minimum atomic E-state index is 0.240. The number of carbonyl (C=O) groups is 1. The van der Waals surface area contributed by atoms with Gasteiger partial charge in [0.1, 0.15) is 5.76 Å². The fraction of sp³-hybridized carbons (Fsp3) is 0.583. The lowest BCUT2D eigenvalue weighted by atomic mass is 10.2. The molecule has 0 saturated carbocycles. The molecule has 88 valence electrons. The summed E-state index contributed by atoms with van der Waals surface area (Å²) in [6.07, 6.45) is 2.91. The largest absolute Gasteiger partial charge is 0.469 e. The number of amides is 1. The van der Waals surface area contributed by atoms with Crippen LogP contribution in [0, 0.1) is 0 Å². The van der Waals surface area contributed by atoms with E-state index in [1.54, 1.807) is 6.26 Å². The van der Waals surface area contributed by atoms with E-state index in [0.29, 0.717) is 12.8 Å². The van der Waals surface area contributed by atoms with Crippen molar-refractivity contribution in [3.8, 4) is 0 Å². The third kappa shape index (κ3) is 2.85. The van der Waals surface area contributed by atoms with Crippen LogP contribution in [0.3, 0.4) is 0 Å².